The topological polar surface area (TPSA) is 91.8 Å². The van der Waals surface area contributed by atoms with Gasteiger partial charge in [-0.1, -0.05) is 0 Å². The van der Waals surface area contributed by atoms with E-state index in [-0.39, 0.29) is 11.7 Å². The lowest BCUT2D eigenvalue weighted by Gasteiger charge is -2.11. The van der Waals surface area contributed by atoms with Crippen LogP contribution in [0.1, 0.15) is 10.4 Å². The molecule has 0 aliphatic heterocycles. The number of hydrogen-bond acceptors (Lipinski definition) is 6. The third-order valence-electron chi connectivity index (χ3n) is 5.10. The molecule has 0 aliphatic rings. The Bertz CT molecular complexity index is 1460. The smallest absolute Gasteiger partial charge is 0.255 e. The van der Waals surface area contributed by atoms with Gasteiger partial charge in [0.15, 0.2) is 0 Å². The Hall–Kier alpha value is -4.85. The second-order valence-electron chi connectivity index (χ2n) is 7.47. The number of halogens is 1. The number of carbonyl (C=O) groups excluding carboxylic acids is 1. The summed E-state index contributed by atoms with van der Waals surface area (Å²) in [6, 6.07) is 20.5. The number of nitrogens with one attached hydrogen (secondary N) is 3. The lowest BCUT2D eigenvalue weighted by molar-refractivity contribution is 0.102. The number of fused-ring (bicyclic) bond motifs is 1. The highest BCUT2D eigenvalue weighted by atomic mass is 19.1. The van der Waals surface area contributed by atoms with Crippen molar-refractivity contribution in [3.63, 3.8) is 0 Å². The highest BCUT2D eigenvalue weighted by molar-refractivity contribution is 6.05. The maximum Gasteiger partial charge on any atom is 0.255 e. The van der Waals surface area contributed by atoms with Crippen LogP contribution in [0.4, 0.5) is 33.0 Å². The third kappa shape index (κ3) is 4.81. The minimum Gasteiger partial charge on any atom is -0.355 e. The van der Waals surface area contributed by atoms with Crippen molar-refractivity contribution in [2.45, 2.75) is 0 Å². The van der Waals surface area contributed by atoms with Crippen molar-refractivity contribution in [1.29, 1.82) is 0 Å². The normalized spacial score (nSPS) is 10.6. The summed E-state index contributed by atoms with van der Waals surface area (Å²) in [5.74, 6) is -0.168. The number of nitrogens with zero attached hydrogens (tertiary/aromatic N) is 3. The molecule has 0 saturated carbocycles. The van der Waals surface area contributed by atoms with Crippen molar-refractivity contribution < 1.29 is 9.18 Å². The van der Waals surface area contributed by atoms with E-state index in [9.17, 15) is 9.18 Å². The minimum atomic E-state index is -0.355. The van der Waals surface area contributed by atoms with Gasteiger partial charge < -0.3 is 16.0 Å². The number of aromatic nitrogens is 3. The van der Waals surface area contributed by atoms with Gasteiger partial charge in [0.2, 0.25) is 0 Å². The summed E-state index contributed by atoms with van der Waals surface area (Å²) < 4.78 is 13.7. The lowest BCUT2D eigenvalue weighted by Crippen LogP contribution is -2.12. The van der Waals surface area contributed by atoms with E-state index in [0.29, 0.717) is 33.7 Å². The number of carbonyl (C=O) groups is 1. The van der Waals surface area contributed by atoms with Crippen LogP contribution in [0.5, 0.6) is 0 Å². The van der Waals surface area contributed by atoms with Gasteiger partial charge in [0, 0.05) is 52.8 Å². The zero-order valence-electron chi connectivity index (χ0n) is 17.9. The van der Waals surface area contributed by atoms with Gasteiger partial charge in [-0.3, -0.25) is 14.8 Å². The average Bonchev–Trinajstić information content (AvgIpc) is 2.86. The standard InChI is InChI=1S/C26H19FN6O/c27-18-1-6-23-22(16-18)24(10-14-29-23)33-25-15-17(7-13-30-25)26(34)32-20-4-2-19(3-5-20)31-21-8-11-28-12-9-21/h1-16H,(H,28,31)(H,32,34)(H,29,30,33). The fourth-order valence-electron chi connectivity index (χ4n) is 3.45. The first-order valence-electron chi connectivity index (χ1n) is 10.5. The van der Waals surface area contributed by atoms with E-state index in [0.717, 1.165) is 11.4 Å². The van der Waals surface area contributed by atoms with E-state index in [1.807, 2.05) is 36.4 Å². The molecule has 7 nitrogen and oxygen atoms in total. The molecule has 3 N–H and O–H groups in total. The van der Waals surface area contributed by atoms with Crippen LogP contribution >= 0.6 is 0 Å². The Labute approximate surface area is 194 Å². The molecule has 2 aromatic carbocycles. The van der Waals surface area contributed by atoms with Gasteiger partial charge in [-0.2, -0.15) is 0 Å². The van der Waals surface area contributed by atoms with Crippen LogP contribution in [-0.2, 0) is 0 Å². The molecule has 3 aromatic heterocycles. The lowest BCUT2D eigenvalue weighted by atomic mass is 10.1. The van der Waals surface area contributed by atoms with Crippen molar-refractivity contribution in [2.24, 2.45) is 0 Å². The van der Waals surface area contributed by atoms with Crippen LogP contribution in [0.15, 0.2) is 97.6 Å². The summed E-state index contributed by atoms with van der Waals surface area (Å²) in [7, 11) is 0. The number of hydrogen-bond donors (Lipinski definition) is 3. The van der Waals surface area contributed by atoms with Crippen LogP contribution in [-0.4, -0.2) is 20.9 Å². The van der Waals surface area contributed by atoms with Gasteiger partial charge in [-0.05, 0) is 72.8 Å². The third-order valence-corrected chi connectivity index (χ3v) is 5.10. The Balaban J connectivity index is 1.29. The number of anilines is 5. The second kappa shape index (κ2) is 9.33. The molecule has 0 unspecified atom stereocenters. The van der Waals surface area contributed by atoms with Crippen molar-refractivity contribution in [1.82, 2.24) is 15.0 Å². The molecule has 8 heteroatoms. The molecule has 0 aliphatic carbocycles. The fourth-order valence-corrected chi connectivity index (χ4v) is 3.45. The largest absolute Gasteiger partial charge is 0.355 e. The maximum atomic E-state index is 13.7. The molecule has 0 bridgehead atoms. The predicted molar refractivity (Wildman–Crippen MR) is 131 cm³/mol. The summed E-state index contributed by atoms with van der Waals surface area (Å²) in [5, 5.41) is 9.93. The maximum absolute atomic E-state index is 13.7. The van der Waals surface area contributed by atoms with Gasteiger partial charge >= 0.3 is 0 Å². The van der Waals surface area contributed by atoms with E-state index in [1.165, 1.54) is 12.1 Å². The first-order chi connectivity index (χ1) is 16.6. The molecule has 0 saturated heterocycles. The average molecular weight is 450 g/mol. The van der Waals surface area contributed by atoms with Gasteiger partial charge in [0.25, 0.3) is 5.91 Å². The summed E-state index contributed by atoms with van der Waals surface area (Å²) >= 11 is 0. The van der Waals surface area contributed by atoms with Gasteiger partial charge in [0.1, 0.15) is 11.6 Å². The zero-order valence-corrected chi connectivity index (χ0v) is 17.9. The molecular formula is C26H19FN6O. The monoisotopic (exact) mass is 450 g/mol. The van der Waals surface area contributed by atoms with E-state index in [1.54, 1.807) is 49.1 Å². The highest BCUT2D eigenvalue weighted by Crippen LogP contribution is 2.25. The Morgan fingerprint density at radius 3 is 2.26 bits per heavy atom. The summed E-state index contributed by atoms with van der Waals surface area (Å²) in [6.45, 7) is 0. The SMILES string of the molecule is O=C(Nc1ccc(Nc2ccncc2)cc1)c1ccnc(Nc2ccnc3ccc(F)cc23)c1. The highest BCUT2D eigenvalue weighted by Gasteiger charge is 2.10. The van der Waals surface area contributed by atoms with Crippen LogP contribution in [0, 0.1) is 5.82 Å². The first-order valence-corrected chi connectivity index (χ1v) is 10.5. The van der Waals surface area contributed by atoms with E-state index < -0.39 is 0 Å². The first kappa shape index (κ1) is 21.0. The number of pyridine rings is 3. The van der Waals surface area contributed by atoms with Crippen molar-refractivity contribution >= 4 is 45.4 Å². The minimum absolute atomic E-state index is 0.272. The van der Waals surface area contributed by atoms with Crippen LogP contribution < -0.4 is 16.0 Å². The second-order valence-corrected chi connectivity index (χ2v) is 7.47. The molecule has 0 atom stereocenters. The summed E-state index contributed by atoms with van der Waals surface area (Å²) in [6.07, 6.45) is 6.60. The number of benzene rings is 2. The molecule has 166 valence electrons. The number of amides is 1. The molecule has 3 heterocycles. The Morgan fingerprint density at radius 1 is 0.706 bits per heavy atom. The predicted octanol–water partition coefficient (Wildman–Crippen LogP) is 5.90. The zero-order chi connectivity index (χ0) is 23.3. The molecule has 5 rings (SSSR count). The molecular weight excluding hydrogens is 431 g/mol. The van der Waals surface area contributed by atoms with Gasteiger partial charge in [0.05, 0.1) is 11.2 Å². The molecule has 0 fully saturated rings. The number of rotatable bonds is 6. The van der Waals surface area contributed by atoms with Crippen LogP contribution in [0.25, 0.3) is 10.9 Å². The van der Waals surface area contributed by atoms with Crippen LogP contribution in [0.3, 0.4) is 0 Å². The molecule has 5 aromatic rings. The fraction of sp³-hybridized carbons (Fsp3) is 0. The van der Waals surface area contributed by atoms with E-state index in [4.69, 9.17) is 0 Å². The van der Waals surface area contributed by atoms with Gasteiger partial charge in [-0.15, -0.1) is 0 Å². The van der Waals surface area contributed by atoms with Crippen molar-refractivity contribution in [3.05, 3.63) is 109 Å². The van der Waals surface area contributed by atoms with Gasteiger partial charge in [-0.25, -0.2) is 9.37 Å². The molecule has 34 heavy (non-hydrogen) atoms. The summed E-state index contributed by atoms with van der Waals surface area (Å²) in [5.41, 5.74) is 4.20. The molecule has 1 amide bonds. The Kier molecular flexibility index (Phi) is 5.77. The van der Waals surface area contributed by atoms with E-state index in [2.05, 4.69) is 30.9 Å². The van der Waals surface area contributed by atoms with Crippen molar-refractivity contribution in [3.8, 4) is 0 Å². The summed E-state index contributed by atoms with van der Waals surface area (Å²) in [4.78, 5) is 25.3. The molecule has 0 radical (unpaired) electrons. The van der Waals surface area contributed by atoms with E-state index >= 15 is 0 Å². The molecule has 0 spiro atoms. The Morgan fingerprint density at radius 2 is 1.44 bits per heavy atom. The van der Waals surface area contributed by atoms with Crippen LogP contribution in [0.2, 0.25) is 0 Å². The quantitative estimate of drug-likeness (QED) is 0.298. The van der Waals surface area contributed by atoms with Crippen molar-refractivity contribution in [2.75, 3.05) is 16.0 Å².